The van der Waals surface area contributed by atoms with E-state index in [1.54, 1.807) is 17.1 Å². The van der Waals surface area contributed by atoms with E-state index < -0.39 is 11.8 Å². The number of aliphatic imine (C=N–C) groups is 1. The largest absolute Gasteiger partial charge is 0.492 e. The lowest BCUT2D eigenvalue weighted by Crippen LogP contribution is -2.42. The zero-order chi connectivity index (χ0) is 19.1. The number of amides is 1. The molecule has 1 amide bonds. The Morgan fingerprint density at radius 3 is 2.89 bits per heavy atom. The third-order valence-electron chi connectivity index (χ3n) is 4.16. The molecule has 0 bridgehead atoms. The highest BCUT2D eigenvalue weighted by atomic mass is 32.2. The van der Waals surface area contributed by atoms with E-state index in [2.05, 4.69) is 9.39 Å². The van der Waals surface area contributed by atoms with Crippen LogP contribution in [0.3, 0.4) is 0 Å². The van der Waals surface area contributed by atoms with Crippen LogP contribution in [0.5, 0.6) is 0 Å². The van der Waals surface area contributed by atoms with Crippen LogP contribution in [0.25, 0.3) is 0 Å². The molecule has 4 rings (SSSR count). The van der Waals surface area contributed by atoms with Gasteiger partial charge in [0.25, 0.3) is 5.91 Å². The lowest BCUT2D eigenvalue weighted by Gasteiger charge is -2.28. The number of amidine groups is 3. The van der Waals surface area contributed by atoms with Crippen LogP contribution >= 0.6 is 23.7 Å². The fourth-order valence-corrected chi connectivity index (χ4v) is 4.58. The van der Waals surface area contributed by atoms with E-state index in [1.807, 2.05) is 26.0 Å². The summed E-state index contributed by atoms with van der Waals surface area (Å²) in [5.74, 6) is -1.15. The molecule has 0 radical (unpaired) electrons. The van der Waals surface area contributed by atoms with Gasteiger partial charge in [0.15, 0.2) is 11.0 Å². The minimum atomic E-state index is -0.556. The van der Waals surface area contributed by atoms with Gasteiger partial charge in [-0.1, -0.05) is 43.8 Å². The molecule has 3 heterocycles. The highest BCUT2D eigenvalue weighted by molar-refractivity contribution is 8.19. The first kappa shape index (κ1) is 18.0. The van der Waals surface area contributed by atoms with Gasteiger partial charge in [0.2, 0.25) is 5.17 Å². The fourth-order valence-electron chi connectivity index (χ4n) is 2.91. The van der Waals surface area contributed by atoms with Crippen LogP contribution in [0.15, 0.2) is 57.2 Å². The maximum atomic E-state index is 12.7. The number of Topliss-reactive ketones (excluding diaryl/α,β-unsaturated/α-hetero) is 1. The van der Waals surface area contributed by atoms with Gasteiger partial charge in [-0.2, -0.15) is 9.39 Å². The Kier molecular flexibility index (Phi) is 4.65. The molecule has 0 fully saturated rings. The first-order valence-electron chi connectivity index (χ1n) is 8.36. The zero-order valence-electron chi connectivity index (χ0n) is 14.6. The van der Waals surface area contributed by atoms with Gasteiger partial charge in [0.05, 0.1) is 35.3 Å². The Bertz CT molecular complexity index is 927. The number of carbonyl (C=O) groups excluding carboxylic acids is 2. The van der Waals surface area contributed by atoms with Gasteiger partial charge < -0.3 is 4.74 Å². The molecule has 0 aromatic carbocycles. The van der Waals surface area contributed by atoms with Crippen molar-refractivity contribution >= 4 is 51.6 Å². The van der Waals surface area contributed by atoms with Crippen LogP contribution in [0.4, 0.5) is 0 Å². The molecular formula is C18H16N4O3S2. The molecule has 138 valence electrons. The van der Waals surface area contributed by atoms with Crippen molar-refractivity contribution in [3.05, 3.63) is 47.8 Å². The van der Waals surface area contributed by atoms with Gasteiger partial charge >= 0.3 is 0 Å². The quantitative estimate of drug-likeness (QED) is 0.566. The molecule has 2 atom stereocenters. The van der Waals surface area contributed by atoms with E-state index in [4.69, 9.17) is 10.1 Å². The van der Waals surface area contributed by atoms with E-state index in [-0.39, 0.29) is 34.1 Å². The van der Waals surface area contributed by atoms with Crippen molar-refractivity contribution in [1.29, 1.82) is 5.41 Å². The van der Waals surface area contributed by atoms with Crippen molar-refractivity contribution in [2.24, 2.45) is 15.3 Å². The van der Waals surface area contributed by atoms with Crippen LogP contribution in [-0.4, -0.2) is 44.1 Å². The van der Waals surface area contributed by atoms with E-state index in [1.165, 1.54) is 24.1 Å². The van der Waals surface area contributed by atoms with Gasteiger partial charge in [-0.15, -0.1) is 0 Å². The van der Waals surface area contributed by atoms with Crippen molar-refractivity contribution < 1.29 is 14.3 Å². The second-order valence-electron chi connectivity index (χ2n) is 6.41. The Morgan fingerprint density at radius 1 is 1.33 bits per heavy atom. The minimum Gasteiger partial charge on any atom is -0.492 e. The maximum Gasteiger partial charge on any atom is 0.283 e. The summed E-state index contributed by atoms with van der Waals surface area (Å²) in [5, 5.41) is 9.73. The number of nitrogens with zero attached hydrogens (tertiary/aromatic N) is 3. The number of ether oxygens (including phenoxy) is 1. The molecule has 0 aromatic heterocycles. The molecule has 3 aliphatic heterocycles. The maximum absolute atomic E-state index is 12.7. The average Bonchev–Trinajstić information content (AvgIpc) is 3.02. The van der Waals surface area contributed by atoms with Crippen molar-refractivity contribution in [2.45, 2.75) is 25.2 Å². The molecule has 1 aliphatic carbocycles. The summed E-state index contributed by atoms with van der Waals surface area (Å²) in [6.45, 7) is 4.04. The minimum absolute atomic E-state index is 0.0307. The third kappa shape index (κ3) is 3.21. The summed E-state index contributed by atoms with van der Waals surface area (Å²) in [4.78, 5) is 30.8. The Hall–Kier alpha value is -2.39. The van der Waals surface area contributed by atoms with Crippen LogP contribution in [0.2, 0.25) is 0 Å². The first-order chi connectivity index (χ1) is 13.0. The molecule has 0 saturated heterocycles. The smallest absolute Gasteiger partial charge is 0.283 e. The van der Waals surface area contributed by atoms with Crippen LogP contribution in [0.1, 0.15) is 13.8 Å². The molecule has 7 nitrogen and oxygen atoms in total. The summed E-state index contributed by atoms with van der Waals surface area (Å²) in [5.41, 5.74) is 0.306. The highest BCUT2D eigenvalue weighted by Gasteiger charge is 2.39. The number of allylic oxidation sites excluding steroid dienone is 4. The average molecular weight is 400 g/mol. The molecule has 4 aliphatic rings. The van der Waals surface area contributed by atoms with Crippen molar-refractivity contribution in [3.63, 3.8) is 0 Å². The lowest BCUT2D eigenvalue weighted by atomic mass is 9.87. The lowest BCUT2D eigenvalue weighted by molar-refractivity contribution is -0.121. The molecule has 0 spiro atoms. The molecular weight excluding hydrogens is 384 g/mol. The number of thioether (sulfide) groups is 1. The van der Waals surface area contributed by atoms with Gasteiger partial charge in [0.1, 0.15) is 11.9 Å². The standard InChI is InChI=1S/C18H16N4O3S2/c1-9(2)26-18-21-27-17-20-16(24)12(15(19)22(17)18)7-10-8-25-13-6-4-3-5-11(13)14(10)23/h3-9,11,13,19H,1-2H3/b12-7-,19-15?/t11-,13+/m0/s1. The summed E-state index contributed by atoms with van der Waals surface area (Å²) >= 11 is 2.57. The summed E-state index contributed by atoms with van der Waals surface area (Å²) in [6, 6.07) is 0. The van der Waals surface area contributed by atoms with E-state index in [0.717, 1.165) is 11.9 Å². The van der Waals surface area contributed by atoms with Gasteiger partial charge in [-0.05, 0) is 12.2 Å². The number of hydrogen-bond acceptors (Lipinski definition) is 7. The van der Waals surface area contributed by atoms with E-state index in [0.29, 0.717) is 10.3 Å². The van der Waals surface area contributed by atoms with Crippen molar-refractivity contribution in [1.82, 2.24) is 4.90 Å². The Labute approximate surface area is 164 Å². The topological polar surface area (TPSA) is 95.2 Å². The van der Waals surface area contributed by atoms with Crippen molar-refractivity contribution in [2.75, 3.05) is 0 Å². The van der Waals surface area contributed by atoms with Gasteiger partial charge in [0, 0.05) is 5.25 Å². The van der Waals surface area contributed by atoms with Gasteiger partial charge in [-0.3, -0.25) is 15.0 Å². The zero-order valence-corrected chi connectivity index (χ0v) is 16.2. The summed E-state index contributed by atoms with van der Waals surface area (Å²) in [6.07, 6.45) is 9.67. The number of nitrogens with one attached hydrogen (secondary N) is 1. The predicted molar refractivity (Wildman–Crippen MR) is 108 cm³/mol. The number of hydrogen-bond donors (Lipinski definition) is 1. The Balaban J connectivity index is 1.65. The van der Waals surface area contributed by atoms with Crippen LogP contribution in [-0.2, 0) is 14.3 Å². The summed E-state index contributed by atoms with van der Waals surface area (Å²) in [7, 11) is 0. The van der Waals surface area contributed by atoms with Gasteiger partial charge in [-0.25, -0.2) is 4.90 Å². The molecule has 9 heteroatoms. The SMILES string of the molecule is CC(C)SC1=NSC2=NC(=O)/C(=C\C3=CO[C@@H]4C=CC=C[C@@H]4C3=O)C(=N)N21. The Morgan fingerprint density at radius 2 is 2.11 bits per heavy atom. The van der Waals surface area contributed by atoms with E-state index >= 15 is 0 Å². The number of ketones is 1. The highest BCUT2D eigenvalue weighted by Crippen LogP contribution is 2.34. The van der Waals surface area contributed by atoms with Crippen molar-refractivity contribution in [3.8, 4) is 0 Å². The monoisotopic (exact) mass is 400 g/mol. The number of rotatable bonds is 2. The van der Waals surface area contributed by atoms with E-state index in [9.17, 15) is 9.59 Å². The molecule has 0 saturated carbocycles. The normalized spacial score (nSPS) is 28.1. The summed E-state index contributed by atoms with van der Waals surface area (Å²) < 4.78 is 9.91. The second-order valence-corrected chi connectivity index (χ2v) is 8.68. The number of carbonyl (C=O) groups is 2. The molecule has 1 N–H and O–H groups in total. The molecule has 0 unspecified atom stereocenters. The van der Waals surface area contributed by atoms with Crippen LogP contribution < -0.4 is 0 Å². The van der Waals surface area contributed by atoms with Crippen LogP contribution in [0, 0.1) is 11.3 Å². The fraction of sp³-hybridized carbons (Fsp3) is 0.278. The third-order valence-corrected chi connectivity index (χ3v) is 5.93. The first-order valence-corrected chi connectivity index (χ1v) is 10.0. The second kappa shape index (κ2) is 6.97. The number of fused-ring (bicyclic) bond motifs is 2. The molecule has 27 heavy (non-hydrogen) atoms. The molecule has 0 aromatic rings. The predicted octanol–water partition coefficient (Wildman–Crippen LogP) is 2.84.